The van der Waals surface area contributed by atoms with Gasteiger partial charge in [-0.2, -0.15) is 0 Å². The van der Waals surface area contributed by atoms with E-state index in [9.17, 15) is 0 Å². The second kappa shape index (κ2) is 7.32. The first-order valence-corrected chi connectivity index (χ1v) is 8.54. The SMILES string of the molecule is C=CCSC(=Nc1ccccc1)N1CCc2ccccc2C1. The lowest BCUT2D eigenvalue weighted by Gasteiger charge is -2.31. The number of hydrogen-bond acceptors (Lipinski definition) is 2. The molecular formula is C19H20N2S. The van der Waals surface area contributed by atoms with Crippen LogP contribution in [0.2, 0.25) is 0 Å². The van der Waals surface area contributed by atoms with Gasteiger partial charge in [0.05, 0.1) is 5.69 Å². The molecule has 2 aromatic rings. The predicted octanol–water partition coefficient (Wildman–Crippen LogP) is 4.65. The minimum atomic E-state index is 0.879. The van der Waals surface area contributed by atoms with Gasteiger partial charge in [0, 0.05) is 18.8 Å². The monoisotopic (exact) mass is 308 g/mol. The van der Waals surface area contributed by atoms with Crippen LogP contribution in [0.15, 0.2) is 72.2 Å². The molecule has 1 heterocycles. The van der Waals surface area contributed by atoms with Crippen molar-refractivity contribution in [2.75, 3.05) is 12.3 Å². The van der Waals surface area contributed by atoms with E-state index in [1.807, 2.05) is 36.4 Å². The zero-order chi connectivity index (χ0) is 15.2. The molecule has 0 spiro atoms. The lowest BCUT2D eigenvalue weighted by molar-refractivity contribution is 0.401. The fourth-order valence-corrected chi connectivity index (χ4v) is 3.37. The zero-order valence-corrected chi connectivity index (χ0v) is 13.4. The molecule has 1 aliphatic rings. The molecule has 0 radical (unpaired) electrons. The summed E-state index contributed by atoms with van der Waals surface area (Å²) in [6, 6.07) is 18.9. The fourth-order valence-electron chi connectivity index (χ4n) is 2.60. The third-order valence-electron chi connectivity index (χ3n) is 3.71. The van der Waals surface area contributed by atoms with Crippen molar-refractivity contribution in [2.45, 2.75) is 13.0 Å². The Bertz CT molecular complexity index is 664. The molecule has 0 saturated heterocycles. The van der Waals surface area contributed by atoms with Crippen molar-refractivity contribution >= 4 is 22.6 Å². The van der Waals surface area contributed by atoms with Crippen molar-refractivity contribution in [3.8, 4) is 0 Å². The smallest absolute Gasteiger partial charge is 0.165 e. The van der Waals surface area contributed by atoms with Crippen molar-refractivity contribution in [1.29, 1.82) is 0 Å². The molecule has 0 fully saturated rings. The number of amidine groups is 1. The van der Waals surface area contributed by atoms with E-state index >= 15 is 0 Å². The molecule has 0 N–H and O–H groups in total. The van der Waals surface area contributed by atoms with E-state index in [1.165, 1.54) is 11.1 Å². The van der Waals surface area contributed by atoms with Gasteiger partial charge in [-0.25, -0.2) is 4.99 Å². The summed E-state index contributed by atoms with van der Waals surface area (Å²) in [5.41, 5.74) is 3.88. The van der Waals surface area contributed by atoms with Gasteiger partial charge in [-0.15, -0.1) is 6.58 Å². The third-order valence-corrected chi connectivity index (χ3v) is 4.72. The largest absolute Gasteiger partial charge is 0.347 e. The molecule has 0 atom stereocenters. The Kier molecular flexibility index (Phi) is 4.96. The van der Waals surface area contributed by atoms with Crippen LogP contribution in [-0.2, 0) is 13.0 Å². The Morgan fingerprint density at radius 1 is 1.09 bits per heavy atom. The molecule has 1 aliphatic heterocycles. The van der Waals surface area contributed by atoms with Gasteiger partial charge in [0.15, 0.2) is 5.17 Å². The van der Waals surface area contributed by atoms with Crippen LogP contribution in [0.1, 0.15) is 11.1 Å². The number of nitrogens with zero attached hydrogens (tertiary/aromatic N) is 2. The van der Waals surface area contributed by atoms with Gasteiger partial charge in [-0.05, 0) is 29.7 Å². The molecule has 0 amide bonds. The summed E-state index contributed by atoms with van der Waals surface area (Å²) in [4.78, 5) is 7.23. The second-order valence-electron chi connectivity index (χ2n) is 5.27. The summed E-state index contributed by atoms with van der Waals surface area (Å²) in [7, 11) is 0. The highest BCUT2D eigenvalue weighted by molar-refractivity contribution is 8.13. The third kappa shape index (κ3) is 3.60. The number of fused-ring (bicyclic) bond motifs is 1. The topological polar surface area (TPSA) is 15.6 Å². The maximum Gasteiger partial charge on any atom is 0.165 e. The Hall–Kier alpha value is -2.00. The van der Waals surface area contributed by atoms with Crippen molar-refractivity contribution in [3.63, 3.8) is 0 Å². The van der Waals surface area contributed by atoms with E-state index in [-0.39, 0.29) is 0 Å². The van der Waals surface area contributed by atoms with Crippen molar-refractivity contribution in [1.82, 2.24) is 4.90 Å². The van der Waals surface area contributed by atoms with E-state index in [1.54, 1.807) is 11.8 Å². The lowest BCUT2D eigenvalue weighted by atomic mass is 10.0. The van der Waals surface area contributed by atoms with Crippen LogP contribution in [0, 0.1) is 0 Å². The molecule has 22 heavy (non-hydrogen) atoms. The number of aliphatic imine (C=N–C) groups is 1. The van der Waals surface area contributed by atoms with E-state index in [4.69, 9.17) is 4.99 Å². The fraction of sp³-hybridized carbons (Fsp3) is 0.211. The number of benzene rings is 2. The number of para-hydroxylation sites is 1. The highest BCUT2D eigenvalue weighted by Crippen LogP contribution is 2.24. The van der Waals surface area contributed by atoms with Gasteiger partial charge in [0.2, 0.25) is 0 Å². The maximum atomic E-state index is 4.85. The molecule has 2 nitrogen and oxygen atoms in total. The second-order valence-corrected chi connectivity index (χ2v) is 6.26. The summed E-state index contributed by atoms with van der Waals surface area (Å²) in [5.74, 6) is 0.879. The highest BCUT2D eigenvalue weighted by atomic mass is 32.2. The van der Waals surface area contributed by atoms with Crippen molar-refractivity contribution in [2.24, 2.45) is 4.99 Å². The number of hydrogen-bond donors (Lipinski definition) is 0. The van der Waals surface area contributed by atoms with Gasteiger partial charge in [-0.1, -0.05) is 60.3 Å². The van der Waals surface area contributed by atoms with Gasteiger partial charge >= 0.3 is 0 Å². The molecule has 112 valence electrons. The van der Waals surface area contributed by atoms with Crippen LogP contribution < -0.4 is 0 Å². The van der Waals surface area contributed by atoms with Crippen LogP contribution in [0.3, 0.4) is 0 Å². The minimum Gasteiger partial charge on any atom is -0.347 e. The Labute approximate surface area is 136 Å². The van der Waals surface area contributed by atoms with Crippen LogP contribution in [-0.4, -0.2) is 22.4 Å². The van der Waals surface area contributed by atoms with E-state index < -0.39 is 0 Å². The first kappa shape index (κ1) is 14.9. The van der Waals surface area contributed by atoms with Crippen molar-refractivity contribution < 1.29 is 0 Å². The summed E-state index contributed by atoms with van der Waals surface area (Å²) in [5, 5.41) is 1.08. The number of rotatable bonds is 3. The van der Waals surface area contributed by atoms with Crippen LogP contribution in [0.4, 0.5) is 5.69 Å². The summed E-state index contributed by atoms with van der Waals surface area (Å²) in [6.45, 7) is 5.78. The minimum absolute atomic E-state index is 0.879. The molecule has 0 aromatic heterocycles. The van der Waals surface area contributed by atoms with Gasteiger partial charge in [-0.3, -0.25) is 0 Å². The van der Waals surface area contributed by atoms with E-state index in [0.29, 0.717) is 0 Å². The summed E-state index contributed by atoms with van der Waals surface area (Å²) in [6.07, 6.45) is 3.02. The lowest BCUT2D eigenvalue weighted by Crippen LogP contribution is -2.34. The Balaban J connectivity index is 1.84. The highest BCUT2D eigenvalue weighted by Gasteiger charge is 2.19. The molecule has 0 unspecified atom stereocenters. The molecule has 0 saturated carbocycles. The zero-order valence-electron chi connectivity index (χ0n) is 12.6. The molecule has 0 bridgehead atoms. The summed E-state index contributed by atoms with van der Waals surface area (Å²) < 4.78 is 0. The van der Waals surface area contributed by atoms with Crippen molar-refractivity contribution in [3.05, 3.63) is 78.4 Å². The predicted molar refractivity (Wildman–Crippen MR) is 96.7 cm³/mol. The van der Waals surface area contributed by atoms with Gasteiger partial charge in [0.1, 0.15) is 0 Å². The Morgan fingerprint density at radius 3 is 2.59 bits per heavy atom. The first-order chi connectivity index (χ1) is 10.9. The number of thioether (sulfide) groups is 1. The summed E-state index contributed by atoms with van der Waals surface area (Å²) >= 11 is 1.76. The molecule has 2 aromatic carbocycles. The Morgan fingerprint density at radius 2 is 1.82 bits per heavy atom. The molecule has 3 heteroatoms. The average Bonchev–Trinajstić information content (AvgIpc) is 2.59. The maximum absolute atomic E-state index is 4.85. The molecular weight excluding hydrogens is 288 g/mol. The quantitative estimate of drug-likeness (QED) is 0.466. The standard InChI is InChI=1S/C19H20N2S/c1-2-14-22-19(20-18-10-4-3-5-11-18)21-13-12-16-8-6-7-9-17(16)15-21/h2-11H,1,12-15H2. The van der Waals surface area contributed by atoms with Crippen LogP contribution in [0.5, 0.6) is 0 Å². The van der Waals surface area contributed by atoms with Crippen LogP contribution >= 0.6 is 11.8 Å². The molecule has 0 aliphatic carbocycles. The first-order valence-electron chi connectivity index (χ1n) is 7.56. The molecule has 3 rings (SSSR count). The van der Waals surface area contributed by atoms with E-state index in [2.05, 4.69) is 35.7 Å². The average molecular weight is 308 g/mol. The van der Waals surface area contributed by atoms with Crippen LogP contribution in [0.25, 0.3) is 0 Å². The van der Waals surface area contributed by atoms with E-state index in [0.717, 1.165) is 36.1 Å². The normalized spacial score (nSPS) is 14.5. The van der Waals surface area contributed by atoms with Gasteiger partial charge < -0.3 is 4.90 Å². The van der Waals surface area contributed by atoms with Gasteiger partial charge in [0.25, 0.3) is 0 Å².